The normalized spacial score (nSPS) is 7.40. The molecule has 0 atom stereocenters. The summed E-state index contributed by atoms with van der Waals surface area (Å²) in [5.41, 5.74) is 0. The molecule has 1 radical (unpaired) electrons. The summed E-state index contributed by atoms with van der Waals surface area (Å²) in [4.78, 5) is 29.9. The van der Waals surface area contributed by atoms with Gasteiger partial charge in [0.25, 0.3) is 0 Å². The Labute approximate surface area is 193 Å². The van der Waals surface area contributed by atoms with Gasteiger partial charge >= 0.3 is 61.4 Å². The fourth-order valence-electron chi connectivity index (χ4n) is 0.522. The van der Waals surface area contributed by atoms with E-state index in [0.717, 1.165) is 6.08 Å². The Bertz CT molecular complexity index is 360. The molecule has 0 heterocycles. The maximum Gasteiger partial charge on any atom is 0 e. The number of carbonyl (C=O) groups is 3. The summed E-state index contributed by atoms with van der Waals surface area (Å²) in [6.07, 6.45) is 7.36. The van der Waals surface area contributed by atoms with Crippen molar-refractivity contribution in [2.24, 2.45) is 0 Å². The molecule has 0 saturated carbocycles. The molecule has 0 aliphatic heterocycles. The molecular formula is C16H28I2O5V2. The molecule has 5 nitrogen and oxygen atoms in total. The number of hydrogen-bond acceptors (Lipinski definition) is 5. The van der Waals surface area contributed by atoms with Gasteiger partial charge < -0.3 is 9.47 Å². The van der Waals surface area contributed by atoms with Gasteiger partial charge in [-0.05, 0) is 26.8 Å². The summed E-state index contributed by atoms with van der Waals surface area (Å²) in [5, 5.41) is 0. The number of methoxy groups -OCH3 is 2. The second-order valence-electron chi connectivity index (χ2n) is 2.92. The molecular weight excluding hydrogens is 628 g/mol. The van der Waals surface area contributed by atoms with Crippen LogP contribution in [0.25, 0.3) is 0 Å². The van der Waals surface area contributed by atoms with Gasteiger partial charge in [0, 0.05) is 30.7 Å². The zero-order chi connectivity index (χ0) is 20.4. The van der Waals surface area contributed by atoms with Gasteiger partial charge in [-0.25, -0.2) is 9.59 Å². The summed E-state index contributed by atoms with van der Waals surface area (Å²) < 4.78 is 8.41. The SMILES string of the molecule is C/C=C/C(=O)OC.C/C=C/C(C)=O.C=CC(=O)OC.CC.[I][V][I].[V]. The minimum Gasteiger partial charge on any atom is 0 e. The molecule has 0 aliphatic rings. The van der Waals surface area contributed by atoms with Gasteiger partial charge in [-0.15, -0.1) is 0 Å². The quantitative estimate of drug-likeness (QED) is 0.243. The van der Waals surface area contributed by atoms with E-state index in [1.54, 1.807) is 19.1 Å². The Kier molecular flexibility index (Phi) is 71.0. The van der Waals surface area contributed by atoms with Crippen molar-refractivity contribution in [2.75, 3.05) is 14.2 Å². The van der Waals surface area contributed by atoms with Crippen LogP contribution in [-0.4, -0.2) is 31.9 Å². The molecule has 0 saturated heterocycles. The van der Waals surface area contributed by atoms with Crippen LogP contribution < -0.4 is 0 Å². The Balaban J connectivity index is -0.0000000472. The van der Waals surface area contributed by atoms with Crippen LogP contribution in [0.4, 0.5) is 0 Å². The van der Waals surface area contributed by atoms with Crippen molar-refractivity contribution >= 4 is 57.7 Å². The third kappa shape index (κ3) is 79.5. The van der Waals surface area contributed by atoms with E-state index in [-0.39, 0.29) is 30.3 Å². The first-order valence-corrected chi connectivity index (χ1v) is 15.8. The molecule has 0 rings (SSSR count). The summed E-state index contributed by atoms with van der Waals surface area (Å²) >= 11 is 4.74. The van der Waals surface area contributed by atoms with Crippen LogP contribution in [0.3, 0.4) is 0 Å². The van der Waals surface area contributed by atoms with Gasteiger partial charge in [-0.1, -0.05) is 32.6 Å². The van der Waals surface area contributed by atoms with Crippen molar-refractivity contribution in [2.45, 2.75) is 34.6 Å². The minimum absolute atomic E-state index is 0. The molecule has 0 aromatic rings. The predicted molar refractivity (Wildman–Crippen MR) is 114 cm³/mol. The number of allylic oxidation sites excluding steroid dienone is 3. The Hall–Kier alpha value is 0.459. The predicted octanol–water partition coefficient (Wildman–Crippen LogP) is 5.03. The number of ketones is 1. The first-order valence-electron chi connectivity index (χ1n) is 6.77. The maximum absolute atomic E-state index is 10.1. The number of ether oxygens (including phenoxy) is 2. The molecule has 0 unspecified atom stereocenters. The smallest absolute Gasteiger partial charge is 0 e. The Morgan fingerprint density at radius 2 is 1.24 bits per heavy atom. The third-order valence-corrected chi connectivity index (χ3v) is 1.27. The van der Waals surface area contributed by atoms with Gasteiger partial charge in [0.1, 0.15) is 0 Å². The zero-order valence-electron chi connectivity index (χ0n) is 15.8. The van der Waals surface area contributed by atoms with Crippen LogP contribution in [-0.2, 0) is 51.9 Å². The average molecular weight is 656 g/mol. The summed E-state index contributed by atoms with van der Waals surface area (Å²) in [6, 6.07) is 0. The molecule has 146 valence electrons. The van der Waals surface area contributed by atoms with Crippen molar-refractivity contribution in [3.8, 4) is 0 Å². The third-order valence-electron chi connectivity index (χ3n) is 1.27. The summed E-state index contributed by atoms with van der Waals surface area (Å²) in [7, 11) is 3.29. The van der Waals surface area contributed by atoms with Crippen LogP contribution >= 0.6 is 40.0 Å². The van der Waals surface area contributed by atoms with Crippen LogP contribution in [0.15, 0.2) is 37.0 Å². The molecule has 0 fully saturated rings. The number of esters is 2. The van der Waals surface area contributed by atoms with Crippen molar-refractivity contribution in [1.82, 2.24) is 0 Å². The molecule has 0 bridgehead atoms. The van der Waals surface area contributed by atoms with E-state index in [1.165, 1.54) is 33.3 Å². The van der Waals surface area contributed by atoms with Crippen LogP contribution in [0.2, 0.25) is 0 Å². The van der Waals surface area contributed by atoms with Crippen molar-refractivity contribution in [3.05, 3.63) is 37.0 Å². The average Bonchev–Trinajstić information content (AvgIpc) is 2.57. The molecule has 0 aliphatic carbocycles. The van der Waals surface area contributed by atoms with E-state index in [4.69, 9.17) is 0 Å². The fraction of sp³-hybridized carbons (Fsp3) is 0.438. The molecule has 0 amide bonds. The number of hydrogen-bond donors (Lipinski definition) is 0. The van der Waals surface area contributed by atoms with Crippen LogP contribution in [0.5, 0.6) is 0 Å². The molecule has 9 heteroatoms. The zero-order valence-corrected chi connectivity index (χ0v) is 22.9. The van der Waals surface area contributed by atoms with Crippen molar-refractivity contribution in [1.29, 1.82) is 0 Å². The van der Waals surface area contributed by atoms with E-state index in [1.807, 2.05) is 20.8 Å². The first kappa shape index (κ1) is 40.2. The van der Waals surface area contributed by atoms with Crippen LogP contribution in [0, 0.1) is 0 Å². The van der Waals surface area contributed by atoms with Gasteiger partial charge in [0.05, 0.1) is 14.2 Å². The summed E-state index contributed by atoms with van der Waals surface area (Å²) in [5.74, 6) is -0.588. The largest absolute Gasteiger partial charge is 0 e. The fourth-order valence-corrected chi connectivity index (χ4v) is 0.522. The molecule has 0 N–H and O–H groups in total. The van der Waals surface area contributed by atoms with Crippen molar-refractivity contribution in [3.63, 3.8) is 0 Å². The van der Waals surface area contributed by atoms with Gasteiger partial charge in [-0.3, -0.25) is 4.79 Å². The number of rotatable bonds is 3. The molecule has 0 aromatic heterocycles. The van der Waals surface area contributed by atoms with E-state index in [9.17, 15) is 14.4 Å². The van der Waals surface area contributed by atoms with Crippen LogP contribution in [0.1, 0.15) is 34.6 Å². The Morgan fingerprint density at radius 3 is 1.28 bits per heavy atom. The first-order chi connectivity index (χ1) is 11.3. The van der Waals surface area contributed by atoms with Gasteiger partial charge in [-0.2, -0.15) is 0 Å². The number of carbonyl (C=O) groups excluding carboxylic acids is 3. The molecule has 0 spiro atoms. The van der Waals surface area contributed by atoms with Crippen molar-refractivity contribution < 1.29 is 51.9 Å². The summed E-state index contributed by atoms with van der Waals surface area (Å²) in [6.45, 7) is 12.3. The second-order valence-corrected chi connectivity index (χ2v) is 14.7. The van der Waals surface area contributed by atoms with E-state index in [2.05, 4.69) is 56.0 Å². The molecule has 25 heavy (non-hydrogen) atoms. The van der Waals surface area contributed by atoms with E-state index < -0.39 is 5.97 Å². The maximum atomic E-state index is 10.1. The van der Waals surface area contributed by atoms with Gasteiger partial charge in [0.15, 0.2) is 5.78 Å². The molecule has 0 aromatic carbocycles. The minimum atomic E-state index is -0.394. The van der Waals surface area contributed by atoms with E-state index >= 15 is 0 Å². The monoisotopic (exact) mass is 656 g/mol. The van der Waals surface area contributed by atoms with E-state index in [0.29, 0.717) is 9.47 Å². The van der Waals surface area contributed by atoms with Gasteiger partial charge in [0.2, 0.25) is 0 Å². The second kappa shape index (κ2) is 44.2. The number of halogens is 2. The standard InChI is InChI=1S/C5H8O2.C5H8O.C4H6O2.C2H6.2HI.2V/c1-3-4-5(6)7-2;1-3-4-5(2)6;1-3-4(5)6-2;1-2;;;;/h3-4H,1-2H3;3-4H,1-2H3;3H,1H2,2H3;1-2H3;2*1H;;/q;;;;;;;+2/p-2/b2*4-3+;;;;;;. The Morgan fingerprint density at radius 1 is 0.920 bits per heavy atom. The topological polar surface area (TPSA) is 69.7 Å².